The van der Waals surface area contributed by atoms with Gasteiger partial charge < -0.3 is 14.6 Å². The van der Waals surface area contributed by atoms with Gasteiger partial charge in [-0.3, -0.25) is 9.89 Å². The molecule has 2 N–H and O–H groups in total. The number of phenolic OH excluding ortho intramolecular Hbond substituents is 1. The molecule has 1 aromatic heterocycles. The van der Waals surface area contributed by atoms with Crippen LogP contribution >= 0.6 is 12.2 Å². The van der Waals surface area contributed by atoms with Crippen molar-refractivity contribution in [1.82, 2.24) is 14.9 Å². The first-order valence-corrected chi connectivity index (χ1v) is 7.81. The minimum absolute atomic E-state index is 0.0759. The van der Waals surface area contributed by atoms with Crippen LogP contribution in [0.5, 0.6) is 17.2 Å². The molecule has 0 saturated heterocycles. The molecule has 1 heterocycles. The lowest BCUT2D eigenvalue weighted by atomic mass is 9.93. The summed E-state index contributed by atoms with van der Waals surface area (Å²) >= 11 is 5.10. The number of aromatic hydroxyl groups is 1. The van der Waals surface area contributed by atoms with Crippen molar-refractivity contribution in [1.29, 1.82) is 0 Å². The lowest BCUT2D eigenvalue weighted by Crippen LogP contribution is -2.32. The molecule has 25 heavy (non-hydrogen) atoms. The zero-order valence-corrected chi connectivity index (χ0v) is 15.5. The first-order valence-electron chi connectivity index (χ1n) is 7.40. The molecule has 1 aromatic carbocycles. The Hall–Kier alpha value is -2.68. The van der Waals surface area contributed by atoms with E-state index in [1.165, 1.54) is 20.4 Å². The summed E-state index contributed by atoms with van der Waals surface area (Å²) in [6.07, 6.45) is 1.42. The van der Waals surface area contributed by atoms with Gasteiger partial charge in [0.15, 0.2) is 11.5 Å². The van der Waals surface area contributed by atoms with Crippen molar-refractivity contribution in [2.45, 2.75) is 26.2 Å². The summed E-state index contributed by atoms with van der Waals surface area (Å²) in [6, 6.07) is 3.12. The summed E-state index contributed by atoms with van der Waals surface area (Å²) < 4.78 is 11.3. The predicted octanol–water partition coefficient (Wildman–Crippen LogP) is 2.20. The van der Waals surface area contributed by atoms with Gasteiger partial charge in [-0.25, -0.2) is 0 Å². The van der Waals surface area contributed by atoms with Crippen molar-refractivity contribution < 1.29 is 14.6 Å². The fraction of sp³-hybridized carbons (Fsp3) is 0.375. The molecule has 0 saturated carbocycles. The Morgan fingerprint density at radius 3 is 2.32 bits per heavy atom. The highest BCUT2D eigenvalue weighted by Crippen LogP contribution is 2.36. The van der Waals surface area contributed by atoms with Crippen LogP contribution in [0.3, 0.4) is 0 Å². The molecule has 0 radical (unpaired) electrons. The molecule has 8 nitrogen and oxygen atoms in total. The van der Waals surface area contributed by atoms with Crippen LogP contribution in [0.2, 0.25) is 0 Å². The van der Waals surface area contributed by atoms with Crippen molar-refractivity contribution in [2.75, 3.05) is 14.2 Å². The van der Waals surface area contributed by atoms with Gasteiger partial charge in [0.25, 0.3) is 5.56 Å². The van der Waals surface area contributed by atoms with E-state index < -0.39 is 11.0 Å². The fourth-order valence-electron chi connectivity index (χ4n) is 2.10. The second-order valence-electron chi connectivity index (χ2n) is 6.26. The van der Waals surface area contributed by atoms with Gasteiger partial charge in [0.1, 0.15) is 5.69 Å². The van der Waals surface area contributed by atoms with Gasteiger partial charge in [-0.05, 0) is 24.4 Å². The second kappa shape index (κ2) is 7.06. The van der Waals surface area contributed by atoms with E-state index in [1.54, 1.807) is 12.1 Å². The predicted molar refractivity (Wildman–Crippen MR) is 96.6 cm³/mol. The third-order valence-electron chi connectivity index (χ3n) is 3.39. The highest BCUT2D eigenvalue weighted by atomic mass is 32.1. The van der Waals surface area contributed by atoms with Crippen molar-refractivity contribution in [3.05, 3.63) is 38.5 Å². The van der Waals surface area contributed by atoms with Crippen molar-refractivity contribution >= 4 is 18.4 Å². The van der Waals surface area contributed by atoms with Crippen LogP contribution in [0.25, 0.3) is 0 Å². The topological polar surface area (TPSA) is 102 Å². The maximum Gasteiger partial charge on any atom is 0.297 e. The third-order valence-corrected chi connectivity index (χ3v) is 3.65. The van der Waals surface area contributed by atoms with Crippen molar-refractivity contribution in [3.63, 3.8) is 0 Å². The molecule has 0 unspecified atom stereocenters. The summed E-state index contributed by atoms with van der Waals surface area (Å²) in [6.45, 7) is 5.62. The van der Waals surface area contributed by atoms with Crippen LogP contribution in [0.4, 0.5) is 0 Å². The average Bonchev–Trinajstić information content (AvgIpc) is 2.54. The van der Waals surface area contributed by atoms with Gasteiger partial charge >= 0.3 is 0 Å². The van der Waals surface area contributed by atoms with Gasteiger partial charge in [0.2, 0.25) is 10.5 Å². The monoisotopic (exact) mass is 364 g/mol. The molecule has 0 amide bonds. The molecule has 134 valence electrons. The molecule has 2 rings (SSSR count). The first-order chi connectivity index (χ1) is 11.7. The molecule has 0 aliphatic heterocycles. The largest absolute Gasteiger partial charge is 0.502 e. The number of H-pyrrole nitrogens is 1. The molecule has 9 heteroatoms. The normalized spacial score (nSPS) is 11.7. The Kier molecular flexibility index (Phi) is 5.27. The number of methoxy groups -OCH3 is 2. The summed E-state index contributed by atoms with van der Waals surface area (Å²) in [5.74, 6) is 0.336. The quantitative estimate of drug-likeness (QED) is 0.637. The summed E-state index contributed by atoms with van der Waals surface area (Å²) in [5.41, 5.74) is 0.0185. The highest BCUT2D eigenvalue weighted by Gasteiger charge is 2.21. The van der Waals surface area contributed by atoms with Crippen LogP contribution in [0.15, 0.2) is 22.0 Å². The van der Waals surface area contributed by atoms with Gasteiger partial charge in [-0.1, -0.05) is 20.8 Å². The van der Waals surface area contributed by atoms with Crippen LogP contribution < -0.4 is 15.0 Å². The lowest BCUT2D eigenvalue weighted by Gasteiger charge is -2.16. The summed E-state index contributed by atoms with van der Waals surface area (Å²) in [5, 5.41) is 20.7. The Balaban J connectivity index is 2.54. The van der Waals surface area contributed by atoms with Gasteiger partial charge in [0, 0.05) is 11.0 Å². The Morgan fingerprint density at radius 2 is 1.84 bits per heavy atom. The minimum Gasteiger partial charge on any atom is -0.502 e. The number of phenols is 1. The van der Waals surface area contributed by atoms with E-state index >= 15 is 0 Å². The molecule has 0 atom stereocenters. The van der Waals surface area contributed by atoms with E-state index in [9.17, 15) is 9.90 Å². The van der Waals surface area contributed by atoms with E-state index in [-0.39, 0.29) is 22.0 Å². The van der Waals surface area contributed by atoms with Crippen molar-refractivity contribution in [2.24, 2.45) is 5.10 Å². The lowest BCUT2D eigenvalue weighted by molar-refractivity contribution is 0.340. The van der Waals surface area contributed by atoms with Crippen LogP contribution in [-0.4, -0.2) is 40.4 Å². The van der Waals surface area contributed by atoms with E-state index in [2.05, 4.69) is 15.3 Å². The number of aromatic amines is 1. The summed E-state index contributed by atoms with van der Waals surface area (Å²) in [7, 11) is 2.85. The van der Waals surface area contributed by atoms with E-state index in [1.807, 2.05) is 20.8 Å². The minimum atomic E-state index is -0.459. The molecule has 0 aliphatic carbocycles. The average molecular weight is 364 g/mol. The molecular weight excluding hydrogens is 344 g/mol. The number of benzene rings is 1. The number of nitrogens with one attached hydrogen (secondary N) is 1. The molecule has 0 bridgehead atoms. The Labute approximate surface area is 149 Å². The second-order valence-corrected chi connectivity index (χ2v) is 6.65. The number of nitrogens with zero attached hydrogens (tertiary/aromatic N) is 3. The van der Waals surface area contributed by atoms with Gasteiger partial charge in [-0.2, -0.15) is 14.9 Å². The SMILES string of the molecule is COc1cc(/C=N\n2c(=S)[nH]nc(C(C)(C)C)c2=O)cc(OC)c1O. The van der Waals surface area contributed by atoms with Crippen molar-refractivity contribution in [3.8, 4) is 17.2 Å². The van der Waals surface area contributed by atoms with Gasteiger partial charge in [-0.15, -0.1) is 0 Å². The number of aromatic nitrogens is 3. The zero-order valence-electron chi connectivity index (χ0n) is 14.7. The standard InChI is InChI=1S/C16H20N4O4S/c1-16(2,3)13-14(22)20(15(25)19-18-13)17-8-9-6-10(23-4)12(21)11(7-9)24-5/h6-8,21H,1-5H3,(H,19,25)/b17-8-. The highest BCUT2D eigenvalue weighted by molar-refractivity contribution is 7.71. The van der Waals surface area contributed by atoms with E-state index in [4.69, 9.17) is 21.7 Å². The smallest absolute Gasteiger partial charge is 0.297 e. The van der Waals surface area contributed by atoms with Crippen LogP contribution in [0.1, 0.15) is 32.0 Å². The van der Waals surface area contributed by atoms with Gasteiger partial charge in [0.05, 0.1) is 20.4 Å². The third kappa shape index (κ3) is 3.87. The van der Waals surface area contributed by atoms with E-state index in [0.29, 0.717) is 11.3 Å². The maximum atomic E-state index is 12.6. The number of hydrogen-bond acceptors (Lipinski definition) is 7. The molecular formula is C16H20N4O4S. The Bertz CT molecular complexity index is 900. The molecule has 0 spiro atoms. The number of ether oxygens (including phenoxy) is 2. The number of rotatable bonds is 4. The Morgan fingerprint density at radius 1 is 1.28 bits per heavy atom. The molecule has 0 fully saturated rings. The number of hydrogen-bond donors (Lipinski definition) is 2. The maximum absolute atomic E-state index is 12.6. The first kappa shape index (κ1) is 18.7. The molecule has 0 aliphatic rings. The van der Waals surface area contributed by atoms with Crippen LogP contribution in [-0.2, 0) is 5.41 Å². The van der Waals surface area contributed by atoms with Crippen LogP contribution in [0, 0.1) is 4.77 Å². The fourth-order valence-corrected chi connectivity index (χ4v) is 2.27. The van der Waals surface area contributed by atoms with E-state index in [0.717, 1.165) is 4.68 Å². The molecule has 2 aromatic rings. The zero-order chi connectivity index (χ0) is 18.8. The summed E-state index contributed by atoms with van der Waals surface area (Å²) in [4.78, 5) is 12.6.